The first-order valence-electron chi connectivity index (χ1n) is 13.2. The lowest BCUT2D eigenvalue weighted by atomic mass is 9.96. The molecule has 0 saturated carbocycles. The average Bonchev–Trinajstić information content (AvgIpc) is 3.24. The zero-order chi connectivity index (χ0) is 28.6. The number of aromatic hydroxyl groups is 1. The normalized spacial score (nSPS) is 15.0. The van der Waals surface area contributed by atoms with Crippen LogP contribution in [0.5, 0.6) is 17.2 Å². The van der Waals surface area contributed by atoms with Crippen molar-refractivity contribution < 1.29 is 28.8 Å². The minimum Gasteiger partial charge on any atom is -0.504 e. The summed E-state index contributed by atoms with van der Waals surface area (Å²) >= 11 is 1.23. The van der Waals surface area contributed by atoms with Crippen molar-refractivity contribution in [2.24, 2.45) is 4.99 Å². The fraction of sp³-hybridized carbons (Fsp3) is 0.367. The molecule has 0 spiro atoms. The zero-order valence-corrected chi connectivity index (χ0v) is 24.0. The molecule has 0 amide bonds. The van der Waals surface area contributed by atoms with Crippen LogP contribution in [0.3, 0.4) is 0 Å². The summed E-state index contributed by atoms with van der Waals surface area (Å²) in [5.41, 5.74) is 1.89. The molecule has 10 heteroatoms. The number of rotatable bonds is 12. The highest BCUT2D eigenvalue weighted by Gasteiger charge is 2.33. The molecule has 1 atom stereocenters. The molecule has 1 aliphatic heterocycles. The highest BCUT2D eigenvalue weighted by Crippen LogP contribution is 2.32. The number of unbranched alkanes of at least 4 members (excludes halogenated alkanes) is 1. The lowest BCUT2D eigenvalue weighted by molar-refractivity contribution is -0.140. The maximum atomic E-state index is 13.8. The van der Waals surface area contributed by atoms with Gasteiger partial charge in [0.15, 0.2) is 16.3 Å². The van der Waals surface area contributed by atoms with Crippen LogP contribution in [0.2, 0.25) is 0 Å². The Morgan fingerprint density at radius 3 is 2.58 bits per heavy atom. The SMILES string of the molecule is CCCCOc1ccc(C2C(C(=O)OCCOC)=C(C)N=c3sc(=Cc4ccc(O)c(OCC)c4)c(=O)n32)cc1. The Labute approximate surface area is 236 Å². The summed E-state index contributed by atoms with van der Waals surface area (Å²) in [5, 5.41) is 10.1. The maximum absolute atomic E-state index is 13.8. The summed E-state index contributed by atoms with van der Waals surface area (Å²) in [6.45, 7) is 7.01. The number of allylic oxidation sites excluding steroid dienone is 1. The number of benzene rings is 2. The van der Waals surface area contributed by atoms with Crippen LogP contribution in [0, 0.1) is 0 Å². The van der Waals surface area contributed by atoms with Gasteiger partial charge in [-0.25, -0.2) is 9.79 Å². The smallest absolute Gasteiger partial charge is 0.338 e. The minimum absolute atomic E-state index is 0.0230. The number of phenols is 1. The van der Waals surface area contributed by atoms with Crippen LogP contribution < -0.4 is 24.4 Å². The van der Waals surface area contributed by atoms with E-state index in [2.05, 4.69) is 11.9 Å². The van der Waals surface area contributed by atoms with Crippen molar-refractivity contribution in [2.45, 2.75) is 39.7 Å². The van der Waals surface area contributed by atoms with Crippen molar-refractivity contribution in [1.29, 1.82) is 0 Å². The molecule has 0 aliphatic carbocycles. The van der Waals surface area contributed by atoms with Crippen LogP contribution in [-0.2, 0) is 14.3 Å². The first-order valence-corrected chi connectivity index (χ1v) is 14.1. The lowest BCUT2D eigenvalue weighted by Gasteiger charge is -2.25. The number of hydrogen-bond donors (Lipinski definition) is 1. The summed E-state index contributed by atoms with van der Waals surface area (Å²) < 4.78 is 23.8. The number of carbonyl (C=O) groups is 1. The van der Waals surface area contributed by atoms with E-state index in [1.165, 1.54) is 29.1 Å². The van der Waals surface area contributed by atoms with Gasteiger partial charge >= 0.3 is 5.97 Å². The lowest BCUT2D eigenvalue weighted by Crippen LogP contribution is -2.40. The van der Waals surface area contributed by atoms with Gasteiger partial charge in [0.2, 0.25) is 0 Å². The molecular formula is C30H34N2O7S. The number of methoxy groups -OCH3 is 1. The van der Waals surface area contributed by atoms with E-state index in [9.17, 15) is 14.7 Å². The summed E-state index contributed by atoms with van der Waals surface area (Å²) in [7, 11) is 1.53. The first kappa shape index (κ1) is 29.1. The Balaban J connectivity index is 1.81. The van der Waals surface area contributed by atoms with Crippen molar-refractivity contribution in [3.05, 3.63) is 84.5 Å². The maximum Gasteiger partial charge on any atom is 0.338 e. The third-order valence-corrected chi connectivity index (χ3v) is 7.29. The molecular weight excluding hydrogens is 532 g/mol. The van der Waals surface area contributed by atoms with Gasteiger partial charge < -0.3 is 24.1 Å². The quantitative estimate of drug-likeness (QED) is 0.263. The number of thiazole rings is 1. The van der Waals surface area contributed by atoms with Crippen molar-refractivity contribution >= 4 is 23.4 Å². The van der Waals surface area contributed by atoms with E-state index in [-0.39, 0.29) is 30.1 Å². The largest absolute Gasteiger partial charge is 0.504 e. The molecule has 0 saturated heterocycles. The molecule has 1 N–H and O–H groups in total. The summed E-state index contributed by atoms with van der Waals surface area (Å²) in [4.78, 5) is 32.2. The van der Waals surface area contributed by atoms with Crippen LogP contribution >= 0.6 is 11.3 Å². The molecule has 212 valence electrons. The second kappa shape index (κ2) is 13.5. The molecule has 0 bridgehead atoms. The standard InChI is InChI=1S/C30H34N2O7S/c1-5-7-14-38-22-11-9-21(10-12-22)27-26(29(35)39-16-15-36-4)19(3)31-30-32(27)28(34)25(40-30)18-20-8-13-23(33)24(17-20)37-6-2/h8-13,17-18,27,33H,5-7,14-16H2,1-4H3. The number of phenolic OH excluding ortho intramolecular Hbond substituents is 1. The minimum atomic E-state index is -0.739. The van der Waals surface area contributed by atoms with E-state index in [1.807, 2.05) is 31.2 Å². The van der Waals surface area contributed by atoms with Gasteiger partial charge in [0, 0.05) is 7.11 Å². The molecule has 40 heavy (non-hydrogen) atoms. The number of nitrogens with zero attached hydrogens (tertiary/aromatic N) is 2. The first-order chi connectivity index (χ1) is 19.4. The van der Waals surface area contributed by atoms with Gasteiger partial charge in [-0.1, -0.05) is 42.9 Å². The Kier molecular flexibility index (Phi) is 9.79. The van der Waals surface area contributed by atoms with E-state index < -0.39 is 12.0 Å². The molecule has 2 heterocycles. The van der Waals surface area contributed by atoms with Crippen molar-refractivity contribution in [1.82, 2.24) is 4.57 Å². The third-order valence-electron chi connectivity index (χ3n) is 6.31. The van der Waals surface area contributed by atoms with E-state index in [4.69, 9.17) is 18.9 Å². The highest BCUT2D eigenvalue weighted by atomic mass is 32.1. The Hall–Kier alpha value is -3.89. The second-order valence-corrected chi connectivity index (χ2v) is 10.2. The van der Waals surface area contributed by atoms with Gasteiger partial charge in [0.1, 0.15) is 12.4 Å². The van der Waals surface area contributed by atoms with E-state index >= 15 is 0 Å². The molecule has 1 unspecified atom stereocenters. The molecule has 1 aromatic heterocycles. The predicted molar refractivity (Wildman–Crippen MR) is 153 cm³/mol. The van der Waals surface area contributed by atoms with Gasteiger partial charge in [-0.3, -0.25) is 9.36 Å². The number of aromatic nitrogens is 1. The summed E-state index contributed by atoms with van der Waals surface area (Å²) in [6, 6.07) is 11.6. The molecule has 0 fully saturated rings. The van der Waals surface area contributed by atoms with E-state index in [0.717, 1.165) is 18.4 Å². The van der Waals surface area contributed by atoms with Crippen LogP contribution in [0.1, 0.15) is 50.8 Å². The monoisotopic (exact) mass is 566 g/mol. The average molecular weight is 567 g/mol. The zero-order valence-electron chi connectivity index (χ0n) is 23.1. The number of carbonyl (C=O) groups excluding carboxylic acids is 1. The van der Waals surface area contributed by atoms with E-state index in [0.29, 0.717) is 45.3 Å². The number of esters is 1. The fourth-order valence-electron chi connectivity index (χ4n) is 4.32. The molecule has 9 nitrogen and oxygen atoms in total. The molecule has 0 radical (unpaired) electrons. The summed E-state index contributed by atoms with van der Waals surface area (Å²) in [5.74, 6) is 0.516. The van der Waals surface area contributed by atoms with Gasteiger partial charge in [0.25, 0.3) is 5.56 Å². The topological polar surface area (TPSA) is 109 Å². The van der Waals surface area contributed by atoms with Gasteiger partial charge in [-0.05, 0) is 61.7 Å². The van der Waals surface area contributed by atoms with Crippen molar-refractivity contribution in [2.75, 3.05) is 33.5 Å². The van der Waals surface area contributed by atoms with Crippen molar-refractivity contribution in [3.63, 3.8) is 0 Å². The van der Waals surface area contributed by atoms with E-state index in [1.54, 1.807) is 25.1 Å². The van der Waals surface area contributed by atoms with Crippen molar-refractivity contribution in [3.8, 4) is 17.2 Å². The summed E-state index contributed by atoms with van der Waals surface area (Å²) in [6.07, 6.45) is 3.71. The Morgan fingerprint density at radius 1 is 1.10 bits per heavy atom. The molecule has 3 aromatic rings. The molecule has 4 rings (SSSR count). The Bertz CT molecular complexity index is 1550. The van der Waals surface area contributed by atoms with Gasteiger partial charge in [-0.15, -0.1) is 0 Å². The van der Waals surface area contributed by atoms with Crippen LogP contribution in [0.15, 0.2) is 63.5 Å². The van der Waals surface area contributed by atoms with Crippen LogP contribution in [-0.4, -0.2) is 49.2 Å². The number of hydrogen-bond acceptors (Lipinski definition) is 9. The molecule has 1 aliphatic rings. The second-order valence-electron chi connectivity index (χ2n) is 9.14. The van der Waals surface area contributed by atoms with Crippen LogP contribution in [0.25, 0.3) is 6.08 Å². The predicted octanol–water partition coefficient (Wildman–Crippen LogP) is 3.71. The van der Waals surface area contributed by atoms with Gasteiger partial charge in [-0.2, -0.15) is 0 Å². The number of fused-ring (bicyclic) bond motifs is 1. The number of ether oxygens (including phenoxy) is 4. The fourth-order valence-corrected chi connectivity index (χ4v) is 5.36. The highest BCUT2D eigenvalue weighted by molar-refractivity contribution is 7.07. The molecule has 2 aromatic carbocycles. The Morgan fingerprint density at radius 2 is 1.88 bits per heavy atom. The van der Waals surface area contributed by atoms with Gasteiger partial charge in [0.05, 0.1) is 41.7 Å². The third kappa shape index (κ3) is 6.46. The van der Waals surface area contributed by atoms with Crippen LogP contribution in [0.4, 0.5) is 0 Å².